The molecule has 32 heavy (non-hydrogen) atoms. The summed E-state index contributed by atoms with van der Waals surface area (Å²) >= 11 is 0. The summed E-state index contributed by atoms with van der Waals surface area (Å²) < 4.78 is 11.5. The fourth-order valence-corrected chi connectivity index (χ4v) is 3.35. The number of benzene rings is 1. The monoisotopic (exact) mass is 437 g/mol. The van der Waals surface area contributed by atoms with Crippen molar-refractivity contribution >= 4 is 17.6 Å². The summed E-state index contributed by atoms with van der Waals surface area (Å²) in [5.74, 6) is -0.456. The Balaban J connectivity index is 1.98. The minimum Gasteiger partial charge on any atom is -0.465 e. The molecule has 1 amide bonds. The number of aryl methyl sites for hydroxylation is 2. The molecule has 0 bridgehead atoms. The van der Waals surface area contributed by atoms with Crippen LogP contribution >= 0.6 is 0 Å². The fourth-order valence-electron chi connectivity index (χ4n) is 3.35. The maximum atomic E-state index is 13.2. The van der Waals surface area contributed by atoms with Crippen LogP contribution < -0.4 is 5.32 Å². The Hall–Kier alpha value is -3.59. The van der Waals surface area contributed by atoms with Crippen molar-refractivity contribution in [3.05, 3.63) is 64.2 Å². The molecule has 2 aromatic heterocycles. The van der Waals surface area contributed by atoms with E-state index in [0.717, 1.165) is 17.0 Å². The molecule has 9 nitrogen and oxygen atoms in total. The molecule has 1 N–H and O–H groups in total. The Labute approximate surface area is 186 Å². The van der Waals surface area contributed by atoms with Gasteiger partial charge in [0.15, 0.2) is 0 Å². The quantitative estimate of drug-likeness (QED) is 0.563. The molecule has 1 aromatic carbocycles. The van der Waals surface area contributed by atoms with Gasteiger partial charge in [-0.2, -0.15) is 5.10 Å². The van der Waals surface area contributed by atoms with Crippen LogP contribution in [0.4, 0.5) is 5.69 Å². The number of ether oxygens (including phenoxy) is 2. The zero-order valence-corrected chi connectivity index (χ0v) is 19.1. The van der Waals surface area contributed by atoms with Gasteiger partial charge in [-0.1, -0.05) is 13.8 Å². The summed E-state index contributed by atoms with van der Waals surface area (Å²) in [4.78, 5) is 34.1. The van der Waals surface area contributed by atoms with Crippen LogP contribution in [-0.4, -0.2) is 45.8 Å². The minimum absolute atomic E-state index is 0.00615. The van der Waals surface area contributed by atoms with Gasteiger partial charge in [0.05, 0.1) is 30.5 Å². The summed E-state index contributed by atoms with van der Waals surface area (Å²) in [5, 5.41) is 7.43. The van der Waals surface area contributed by atoms with Gasteiger partial charge in [-0.05, 0) is 49.6 Å². The largest absolute Gasteiger partial charge is 0.465 e. The molecule has 2 heterocycles. The molecule has 3 aromatic rings. The molecule has 0 radical (unpaired) electrons. The van der Waals surface area contributed by atoms with Gasteiger partial charge in [0, 0.05) is 30.4 Å². The topological polar surface area (TPSA) is 108 Å². The Kier molecular flexibility index (Phi) is 6.99. The average molecular weight is 438 g/mol. The lowest BCUT2D eigenvalue weighted by Gasteiger charge is -2.10. The SMILES string of the molecule is COCc1cc(NC(=O)c2cn(-c3nc(C)cc(C)n3)nc2C(C)C)cc(C(=O)OC)c1. The molecule has 0 unspecified atom stereocenters. The number of amides is 1. The van der Waals surface area contributed by atoms with Gasteiger partial charge >= 0.3 is 5.97 Å². The third-order valence-corrected chi connectivity index (χ3v) is 4.69. The van der Waals surface area contributed by atoms with E-state index >= 15 is 0 Å². The van der Waals surface area contributed by atoms with Crippen LogP contribution in [-0.2, 0) is 16.1 Å². The van der Waals surface area contributed by atoms with E-state index in [9.17, 15) is 9.59 Å². The van der Waals surface area contributed by atoms with Crippen LogP contribution in [0, 0.1) is 13.8 Å². The maximum Gasteiger partial charge on any atom is 0.337 e. The summed E-state index contributed by atoms with van der Waals surface area (Å²) in [6, 6.07) is 6.85. The van der Waals surface area contributed by atoms with Crippen LogP contribution in [0.2, 0.25) is 0 Å². The van der Waals surface area contributed by atoms with E-state index in [-0.39, 0.29) is 18.4 Å². The molecule has 0 aliphatic rings. The van der Waals surface area contributed by atoms with E-state index in [1.807, 2.05) is 33.8 Å². The number of methoxy groups -OCH3 is 2. The first-order valence-electron chi connectivity index (χ1n) is 10.2. The van der Waals surface area contributed by atoms with Crippen molar-refractivity contribution < 1.29 is 19.1 Å². The number of carbonyl (C=O) groups is 2. The van der Waals surface area contributed by atoms with Crippen molar-refractivity contribution in [2.24, 2.45) is 0 Å². The van der Waals surface area contributed by atoms with Crippen LogP contribution in [0.25, 0.3) is 5.95 Å². The number of esters is 1. The van der Waals surface area contributed by atoms with Gasteiger partial charge < -0.3 is 14.8 Å². The number of anilines is 1. The van der Waals surface area contributed by atoms with Crippen molar-refractivity contribution in [3.8, 4) is 5.95 Å². The van der Waals surface area contributed by atoms with Crippen molar-refractivity contribution in [2.75, 3.05) is 19.5 Å². The first kappa shape index (κ1) is 23.1. The normalized spacial score (nSPS) is 11.0. The molecular formula is C23H27N5O4. The van der Waals surface area contributed by atoms with E-state index in [1.54, 1.807) is 31.5 Å². The molecule has 0 saturated heterocycles. The van der Waals surface area contributed by atoms with Crippen molar-refractivity contribution in [1.29, 1.82) is 0 Å². The predicted molar refractivity (Wildman–Crippen MR) is 119 cm³/mol. The Morgan fingerprint density at radius 1 is 1.06 bits per heavy atom. The molecule has 0 fully saturated rings. The van der Waals surface area contributed by atoms with E-state index in [2.05, 4.69) is 20.4 Å². The van der Waals surface area contributed by atoms with E-state index in [0.29, 0.717) is 28.5 Å². The summed E-state index contributed by atoms with van der Waals surface area (Å²) in [6.07, 6.45) is 1.62. The highest BCUT2D eigenvalue weighted by Gasteiger charge is 2.21. The fraction of sp³-hybridized carbons (Fsp3) is 0.348. The number of nitrogens with one attached hydrogen (secondary N) is 1. The molecule has 168 valence electrons. The lowest BCUT2D eigenvalue weighted by molar-refractivity contribution is 0.0600. The molecule has 0 saturated carbocycles. The Morgan fingerprint density at radius 3 is 2.34 bits per heavy atom. The zero-order valence-electron chi connectivity index (χ0n) is 19.1. The molecule has 0 spiro atoms. The second-order valence-corrected chi connectivity index (χ2v) is 7.78. The van der Waals surface area contributed by atoms with E-state index < -0.39 is 5.97 Å². The lowest BCUT2D eigenvalue weighted by atomic mass is 10.1. The molecule has 3 rings (SSSR count). The average Bonchev–Trinajstić information content (AvgIpc) is 3.19. The van der Waals surface area contributed by atoms with E-state index in [1.165, 1.54) is 11.8 Å². The van der Waals surface area contributed by atoms with Gasteiger partial charge in [0.25, 0.3) is 11.9 Å². The molecular weight excluding hydrogens is 410 g/mol. The van der Waals surface area contributed by atoms with Crippen LogP contribution in [0.5, 0.6) is 0 Å². The number of aromatic nitrogens is 4. The van der Waals surface area contributed by atoms with Gasteiger partial charge in [-0.3, -0.25) is 4.79 Å². The minimum atomic E-state index is -0.499. The van der Waals surface area contributed by atoms with Gasteiger partial charge in [-0.25, -0.2) is 19.4 Å². The molecule has 0 aliphatic heterocycles. The first-order valence-corrected chi connectivity index (χ1v) is 10.2. The second-order valence-electron chi connectivity index (χ2n) is 7.78. The highest BCUT2D eigenvalue weighted by atomic mass is 16.5. The van der Waals surface area contributed by atoms with E-state index in [4.69, 9.17) is 9.47 Å². The maximum absolute atomic E-state index is 13.2. The van der Waals surface area contributed by atoms with Gasteiger partial charge in [-0.15, -0.1) is 0 Å². The summed E-state index contributed by atoms with van der Waals surface area (Å²) in [7, 11) is 2.86. The van der Waals surface area contributed by atoms with Crippen molar-refractivity contribution in [1.82, 2.24) is 19.7 Å². The molecule has 0 atom stereocenters. The third kappa shape index (κ3) is 5.17. The standard InChI is InChI=1S/C23H27N5O4/c1-13(2)20-19(11-28(27-20)23-24-14(3)7-15(4)25-23)21(29)26-18-9-16(12-31-5)8-17(10-18)22(30)32-6/h7-11,13H,12H2,1-6H3,(H,26,29). The number of rotatable bonds is 7. The number of carbonyl (C=O) groups excluding carboxylic acids is 2. The highest BCUT2D eigenvalue weighted by Crippen LogP contribution is 2.22. The number of hydrogen-bond donors (Lipinski definition) is 1. The van der Waals surface area contributed by atoms with Crippen LogP contribution in [0.3, 0.4) is 0 Å². The number of hydrogen-bond acceptors (Lipinski definition) is 7. The number of nitrogens with zero attached hydrogens (tertiary/aromatic N) is 4. The highest BCUT2D eigenvalue weighted by molar-refractivity contribution is 6.05. The van der Waals surface area contributed by atoms with Crippen molar-refractivity contribution in [3.63, 3.8) is 0 Å². The second kappa shape index (κ2) is 9.69. The van der Waals surface area contributed by atoms with Crippen molar-refractivity contribution in [2.45, 2.75) is 40.2 Å². The van der Waals surface area contributed by atoms with Gasteiger partial charge in [0.2, 0.25) is 0 Å². The third-order valence-electron chi connectivity index (χ3n) is 4.69. The van der Waals surface area contributed by atoms with Gasteiger partial charge in [0.1, 0.15) is 0 Å². The smallest absolute Gasteiger partial charge is 0.337 e. The molecule has 9 heteroatoms. The van der Waals surface area contributed by atoms with Crippen LogP contribution in [0.1, 0.15) is 63.1 Å². The summed E-state index contributed by atoms with van der Waals surface area (Å²) in [6.45, 7) is 7.96. The summed E-state index contributed by atoms with van der Waals surface area (Å²) in [5.41, 5.74) is 4.15. The zero-order chi connectivity index (χ0) is 23.4. The Morgan fingerprint density at radius 2 is 1.75 bits per heavy atom. The predicted octanol–water partition coefficient (Wildman–Crippen LogP) is 3.59. The van der Waals surface area contributed by atoms with Crippen LogP contribution in [0.15, 0.2) is 30.5 Å². The Bertz CT molecular complexity index is 1130. The lowest BCUT2D eigenvalue weighted by Crippen LogP contribution is -2.15. The molecule has 0 aliphatic carbocycles. The first-order chi connectivity index (χ1) is 15.2.